The van der Waals surface area contributed by atoms with E-state index in [9.17, 15) is 9.90 Å². The Bertz CT molecular complexity index is 1430. The standard InChI is InChI=1S/C28H26N6O2/c1-18(30)20-5-7-21(8-6-20)22-9-11-24(12-10-22)33-13-14-34-26(28(33)36)25(17-31-34)27(35)32-23-4-2-3-19(15-23)16-29/h2-12,15,17-18,27,32,35H,13-14,30H2,1H3. The number of nitrogens with one attached hydrogen (secondary N) is 1. The lowest BCUT2D eigenvalue weighted by atomic mass is 10.0. The number of aromatic nitrogens is 2. The van der Waals surface area contributed by atoms with E-state index in [0.717, 1.165) is 22.4 Å². The van der Waals surface area contributed by atoms with E-state index in [4.69, 9.17) is 11.0 Å². The largest absolute Gasteiger partial charge is 0.369 e. The first kappa shape index (κ1) is 23.3. The van der Waals surface area contributed by atoms with E-state index in [1.165, 1.54) is 6.20 Å². The summed E-state index contributed by atoms with van der Waals surface area (Å²) in [6, 6.07) is 24.9. The van der Waals surface area contributed by atoms with Crippen LogP contribution in [-0.2, 0) is 6.54 Å². The average Bonchev–Trinajstić information content (AvgIpc) is 3.35. The fourth-order valence-electron chi connectivity index (χ4n) is 4.40. The predicted molar refractivity (Wildman–Crippen MR) is 138 cm³/mol. The highest BCUT2D eigenvalue weighted by atomic mass is 16.3. The molecule has 0 fully saturated rings. The molecular weight excluding hydrogens is 452 g/mol. The van der Waals surface area contributed by atoms with Crippen LogP contribution in [-0.4, -0.2) is 27.3 Å². The topological polar surface area (TPSA) is 120 Å². The Morgan fingerprint density at radius 1 is 1.06 bits per heavy atom. The molecule has 5 rings (SSSR count). The first-order valence-corrected chi connectivity index (χ1v) is 11.7. The number of rotatable bonds is 6. The molecule has 1 amide bonds. The second-order valence-corrected chi connectivity index (χ2v) is 8.83. The van der Waals surface area contributed by atoms with Crippen LogP contribution in [0, 0.1) is 11.3 Å². The molecule has 0 radical (unpaired) electrons. The third kappa shape index (κ3) is 4.45. The fraction of sp³-hybridized carbons (Fsp3) is 0.179. The van der Waals surface area contributed by atoms with Gasteiger partial charge in [0.1, 0.15) is 5.69 Å². The number of nitrogens with zero attached hydrogens (tertiary/aromatic N) is 4. The molecule has 3 aromatic carbocycles. The Balaban J connectivity index is 1.36. The van der Waals surface area contributed by atoms with Crippen molar-refractivity contribution in [3.63, 3.8) is 0 Å². The van der Waals surface area contributed by atoms with Gasteiger partial charge in [-0.1, -0.05) is 42.5 Å². The van der Waals surface area contributed by atoms with Gasteiger partial charge in [-0.05, 0) is 53.9 Å². The number of aliphatic hydroxyl groups excluding tert-OH is 1. The minimum absolute atomic E-state index is 0.0127. The lowest BCUT2D eigenvalue weighted by Crippen LogP contribution is -2.41. The van der Waals surface area contributed by atoms with Crippen LogP contribution in [0.15, 0.2) is 79.0 Å². The maximum absolute atomic E-state index is 13.5. The van der Waals surface area contributed by atoms with Gasteiger partial charge in [-0.3, -0.25) is 9.48 Å². The number of hydrogen-bond acceptors (Lipinski definition) is 6. The summed E-state index contributed by atoms with van der Waals surface area (Å²) in [6.07, 6.45) is 0.352. The van der Waals surface area contributed by atoms with Crippen molar-refractivity contribution < 1.29 is 9.90 Å². The first-order valence-electron chi connectivity index (χ1n) is 11.7. The van der Waals surface area contributed by atoms with E-state index in [-0.39, 0.29) is 11.9 Å². The van der Waals surface area contributed by atoms with Crippen LogP contribution in [0.25, 0.3) is 11.1 Å². The van der Waals surface area contributed by atoms with Crippen molar-refractivity contribution in [1.82, 2.24) is 9.78 Å². The summed E-state index contributed by atoms with van der Waals surface area (Å²) in [7, 11) is 0. The van der Waals surface area contributed by atoms with Gasteiger partial charge in [-0.2, -0.15) is 10.4 Å². The van der Waals surface area contributed by atoms with Gasteiger partial charge in [0.2, 0.25) is 0 Å². The zero-order chi connectivity index (χ0) is 25.2. The molecule has 4 aromatic rings. The predicted octanol–water partition coefficient (Wildman–Crippen LogP) is 4.20. The lowest BCUT2D eigenvalue weighted by Gasteiger charge is -2.29. The number of fused-ring (bicyclic) bond motifs is 1. The summed E-state index contributed by atoms with van der Waals surface area (Å²) in [5, 5.41) is 27.2. The fourth-order valence-corrected chi connectivity index (χ4v) is 4.40. The monoisotopic (exact) mass is 478 g/mol. The maximum Gasteiger partial charge on any atom is 0.277 e. The summed E-state index contributed by atoms with van der Waals surface area (Å²) in [6.45, 7) is 2.94. The number of aliphatic hydroxyl groups is 1. The lowest BCUT2D eigenvalue weighted by molar-refractivity contribution is 0.0956. The molecule has 1 aliphatic rings. The molecule has 2 unspecified atom stereocenters. The van der Waals surface area contributed by atoms with Gasteiger partial charge in [0.15, 0.2) is 6.23 Å². The first-order chi connectivity index (χ1) is 17.4. The van der Waals surface area contributed by atoms with Crippen LogP contribution in [0.5, 0.6) is 0 Å². The van der Waals surface area contributed by atoms with Gasteiger partial charge in [0, 0.05) is 24.0 Å². The molecule has 36 heavy (non-hydrogen) atoms. The molecule has 180 valence electrons. The highest BCUT2D eigenvalue weighted by Crippen LogP contribution is 2.29. The maximum atomic E-state index is 13.5. The summed E-state index contributed by atoms with van der Waals surface area (Å²) in [5.41, 5.74) is 11.7. The van der Waals surface area contributed by atoms with E-state index in [2.05, 4.69) is 16.5 Å². The molecule has 0 aliphatic carbocycles. The summed E-state index contributed by atoms with van der Waals surface area (Å²) in [4.78, 5) is 15.2. The Labute approximate surface area is 209 Å². The van der Waals surface area contributed by atoms with Crippen LogP contribution >= 0.6 is 0 Å². The zero-order valence-electron chi connectivity index (χ0n) is 19.8. The van der Waals surface area contributed by atoms with Crippen LogP contribution in [0.2, 0.25) is 0 Å². The molecule has 2 atom stereocenters. The number of nitriles is 1. The van der Waals surface area contributed by atoms with E-state index in [1.54, 1.807) is 33.8 Å². The van der Waals surface area contributed by atoms with Gasteiger partial charge in [-0.15, -0.1) is 0 Å². The van der Waals surface area contributed by atoms with Gasteiger partial charge in [0.25, 0.3) is 5.91 Å². The minimum atomic E-state index is -1.16. The molecule has 0 spiro atoms. The number of carbonyl (C=O) groups is 1. The number of hydrogen-bond donors (Lipinski definition) is 3. The number of carbonyl (C=O) groups excluding carboxylic acids is 1. The van der Waals surface area contributed by atoms with Crippen molar-refractivity contribution in [1.29, 1.82) is 5.26 Å². The highest BCUT2D eigenvalue weighted by Gasteiger charge is 2.31. The Hall–Kier alpha value is -4.45. The van der Waals surface area contributed by atoms with Crippen molar-refractivity contribution in [2.75, 3.05) is 16.8 Å². The van der Waals surface area contributed by atoms with Crippen molar-refractivity contribution in [3.8, 4) is 17.2 Å². The van der Waals surface area contributed by atoms with Gasteiger partial charge in [-0.25, -0.2) is 0 Å². The Kier molecular flexibility index (Phi) is 6.25. The molecule has 2 heterocycles. The number of nitrogens with two attached hydrogens (primary N) is 1. The summed E-state index contributed by atoms with van der Waals surface area (Å²) < 4.78 is 1.62. The Morgan fingerprint density at radius 2 is 1.75 bits per heavy atom. The van der Waals surface area contributed by atoms with Gasteiger partial charge < -0.3 is 21.1 Å². The van der Waals surface area contributed by atoms with Crippen molar-refractivity contribution in [3.05, 3.63) is 101 Å². The zero-order valence-corrected chi connectivity index (χ0v) is 19.8. The third-order valence-corrected chi connectivity index (χ3v) is 6.39. The molecular formula is C28H26N6O2. The minimum Gasteiger partial charge on any atom is -0.369 e. The molecule has 0 saturated heterocycles. The summed E-state index contributed by atoms with van der Waals surface area (Å²) in [5.74, 6) is -0.227. The van der Waals surface area contributed by atoms with E-state index in [0.29, 0.717) is 35.6 Å². The summed E-state index contributed by atoms with van der Waals surface area (Å²) >= 11 is 0. The molecule has 8 heteroatoms. The Morgan fingerprint density at radius 3 is 2.42 bits per heavy atom. The number of anilines is 2. The SMILES string of the molecule is CC(N)c1ccc(-c2ccc(N3CCn4ncc(C(O)Nc5cccc(C#N)c5)c4C3=O)cc2)cc1. The van der Waals surface area contributed by atoms with E-state index in [1.807, 2.05) is 55.5 Å². The van der Waals surface area contributed by atoms with E-state index >= 15 is 0 Å². The quantitative estimate of drug-likeness (QED) is 0.357. The van der Waals surface area contributed by atoms with Crippen molar-refractivity contribution in [2.24, 2.45) is 5.73 Å². The second-order valence-electron chi connectivity index (χ2n) is 8.83. The molecule has 1 aliphatic heterocycles. The number of amides is 1. The van der Waals surface area contributed by atoms with Crippen LogP contribution in [0.4, 0.5) is 11.4 Å². The third-order valence-electron chi connectivity index (χ3n) is 6.39. The molecule has 4 N–H and O–H groups in total. The van der Waals surface area contributed by atoms with Crippen LogP contribution < -0.4 is 16.0 Å². The average molecular weight is 479 g/mol. The van der Waals surface area contributed by atoms with Gasteiger partial charge >= 0.3 is 0 Å². The molecule has 0 saturated carbocycles. The van der Waals surface area contributed by atoms with E-state index < -0.39 is 6.23 Å². The number of benzene rings is 3. The molecule has 8 nitrogen and oxygen atoms in total. The van der Waals surface area contributed by atoms with Crippen LogP contribution in [0.1, 0.15) is 46.4 Å². The second kappa shape index (κ2) is 9.66. The molecule has 0 bridgehead atoms. The van der Waals surface area contributed by atoms with Crippen molar-refractivity contribution in [2.45, 2.75) is 25.7 Å². The normalized spacial score (nSPS) is 14.6. The molecule has 1 aromatic heterocycles. The van der Waals surface area contributed by atoms with Crippen molar-refractivity contribution >= 4 is 17.3 Å². The van der Waals surface area contributed by atoms with Crippen LogP contribution in [0.3, 0.4) is 0 Å². The van der Waals surface area contributed by atoms with Gasteiger partial charge in [0.05, 0.1) is 29.9 Å². The highest BCUT2D eigenvalue weighted by molar-refractivity contribution is 6.06. The smallest absolute Gasteiger partial charge is 0.277 e.